The van der Waals surface area contributed by atoms with Gasteiger partial charge < -0.3 is 15.5 Å². The van der Waals surface area contributed by atoms with Gasteiger partial charge in [0.2, 0.25) is 10.0 Å². The highest BCUT2D eigenvalue weighted by molar-refractivity contribution is 7.88. The van der Waals surface area contributed by atoms with E-state index in [2.05, 4.69) is 20.5 Å². The molecule has 0 unspecified atom stereocenters. The van der Waals surface area contributed by atoms with Crippen LogP contribution < -0.4 is 10.6 Å². The van der Waals surface area contributed by atoms with Crippen molar-refractivity contribution in [1.82, 2.24) is 19.8 Å². The summed E-state index contributed by atoms with van der Waals surface area (Å²) >= 11 is 0. The zero-order valence-electron chi connectivity index (χ0n) is 17.7. The van der Waals surface area contributed by atoms with Crippen molar-refractivity contribution in [1.29, 1.82) is 0 Å². The van der Waals surface area contributed by atoms with E-state index in [1.54, 1.807) is 4.31 Å². The van der Waals surface area contributed by atoms with Gasteiger partial charge in [-0.05, 0) is 44.4 Å². The number of guanidine groups is 1. The van der Waals surface area contributed by atoms with Gasteiger partial charge in [-0.25, -0.2) is 12.7 Å². The second kappa shape index (κ2) is 10.3. The molecule has 2 N–H and O–H groups in total. The van der Waals surface area contributed by atoms with E-state index in [0.717, 1.165) is 31.4 Å². The van der Waals surface area contributed by atoms with Gasteiger partial charge in [-0.15, -0.1) is 0 Å². The van der Waals surface area contributed by atoms with E-state index in [1.165, 1.54) is 64.3 Å². The van der Waals surface area contributed by atoms with Gasteiger partial charge in [-0.2, -0.15) is 0 Å². The predicted molar refractivity (Wildman–Crippen MR) is 115 cm³/mol. The number of hydrogen-bond donors (Lipinski definition) is 2. The van der Waals surface area contributed by atoms with Crippen molar-refractivity contribution in [2.24, 2.45) is 10.9 Å². The fraction of sp³-hybridized carbons (Fsp3) is 0.950. The zero-order chi connectivity index (χ0) is 20.0. The maximum absolute atomic E-state index is 11.6. The molecule has 0 radical (unpaired) electrons. The number of rotatable bonds is 5. The Morgan fingerprint density at radius 2 is 1.61 bits per heavy atom. The van der Waals surface area contributed by atoms with Crippen LogP contribution in [0.3, 0.4) is 0 Å². The molecule has 0 aromatic rings. The third kappa shape index (κ3) is 6.32. The van der Waals surface area contributed by atoms with E-state index in [4.69, 9.17) is 0 Å². The Balaban J connectivity index is 1.35. The van der Waals surface area contributed by atoms with Gasteiger partial charge in [0.1, 0.15) is 0 Å². The number of hydrogen-bond acceptors (Lipinski definition) is 4. The predicted octanol–water partition coefficient (Wildman–Crippen LogP) is 1.62. The average Bonchev–Trinajstić information content (AvgIpc) is 2.72. The van der Waals surface area contributed by atoms with Gasteiger partial charge in [-0.3, -0.25) is 4.99 Å². The highest BCUT2D eigenvalue weighted by Gasteiger charge is 2.27. The largest absolute Gasteiger partial charge is 0.356 e. The number of sulfonamides is 1. The summed E-state index contributed by atoms with van der Waals surface area (Å²) in [5.74, 6) is 1.39. The first-order valence-electron chi connectivity index (χ1n) is 11.1. The van der Waals surface area contributed by atoms with Crippen molar-refractivity contribution in [2.75, 3.05) is 46.0 Å². The van der Waals surface area contributed by atoms with Gasteiger partial charge in [0.25, 0.3) is 0 Å². The molecular formula is C20H39N5O2S. The van der Waals surface area contributed by atoms with Crippen molar-refractivity contribution < 1.29 is 8.42 Å². The topological polar surface area (TPSA) is 77.0 Å². The van der Waals surface area contributed by atoms with E-state index < -0.39 is 10.0 Å². The lowest BCUT2D eigenvalue weighted by molar-refractivity contribution is 0.119. The number of nitrogens with one attached hydrogen (secondary N) is 2. The van der Waals surface area contributed by atoms with Crippen LogP contribution in [-0.4, -0.2) is 81.7 Å². The Morgan fingerprint density at radius 1 is 0.964 bits per heavy atom. The molecule has 7 nitrogen and oxygen atoms in total. The molecule has 162 valence electrons. The SMILES string of the molecule is CN=C(NCC1CCN(S(C)(=O)=O)CC1)NC1CCN(C2CCCCC2)CC1. The Labute approximate surface area is 171 Å². The molecule has 0 aromatic heterocycles. The molecule has 0 aromatic carbocycles. The molecular weight excluding hydrogens is 374 g/mol. The van der Waals surface area contributed by atoms with Crippen LogP contribution in [0, 0.1) is 5.92 Å². The molecule has 28 heavy (non-hydrogen) atoms. The van der Waals surface area contributed by atoms with E-state index >= 15 is 0 Å². The van der Waals surface area contributed by atoms with Gasteiger partial charge in [0, 0.05) is 51.9 Å². The highest BCUT2D eigenvalue weighted by atomic mass is 32.2. The third-order valence-corrected chi connectivity index (χ3v) is 8.09. The molecule has 2 aliphatic heterocycles. The van der Waals surface area contributed by atoms with E-state index in [1.807, 2.05) is 7.05 Å². The average molecular weight is 414 g/mol. The van der Waals surface area contributed by atoms with Crippen molar-refractivity contribution in [3.8, 4) is 0 Å². The lowest BCUT2D eigenvalue weighted by Crippen LogP contribution is -2.51. The number of nitrogens with zero attached hydrogens (tertiary/aromatic N) is 3. The summed E-state index contributed by atoms with van der Waals surface area (Å²) in [7, 11) is -1.21. The summed E-state index contributed by atoms with van der Waals surface area (Å²) in [6, 6.07) is 1.32. The lowest BCUT2D eigenvalue weighted by Gasteiger charge is -2.39. The number of aliphatic imine (C=N–C) groups is 1. The van der Waals surface area contributed by atoms with Crippen LogP contribution in [0.25, 0.3) is 0 Å². The lowest BCUT2D eigenvalue weighted by atomic mass is 9.92. The zero-order valence-corrected chi connectivity index (χ0v) is 18.5. The van der Waals surface area contributed by atoms with Crippen LogP contribution in [0.1, 0.15) is 57.8 Å². The van der Waals surface area contributed by atoms with Gasteiger partial charge in [0.05, 0.1) is 6.26 Å². The van der Waals surface area contributed by atoms with Gasteiger partial charge in [0.15, 0.2) is 5.96 Å². The standard InChI is InChI=1S/C20H39N5O2S/c1-21-20(22-16-17-8-14-25(15-9-17)28(2,26)27)23-18-10-12-24(13-11-18)19-6-4-3-5-7-19/h17-19H,3-16H2,1-2H3,(H2,21,22,23). The molecule has 2 heterocycles. The van der Waals surface area contributed by atoms with Crippen molar-refractivity contribution in [2.45, 2.75) is 69.9 Å². The first-order chi connectivity index (χ1) is 13.5. The fourth-order valence-corrected chi connectivity index (χ4v) is 5.80. The van der Waals surface area contributed by atoms with Crippen LogP contribution >= 0.6 is 0 Å². The molecule has 8 heteroatoms. The van der Waals surface area contributed by atoms with Crippen LogP contribution in [0.2, 0.25) is 0 Å². The van der Waals surface area contributed by atoms with Crippen LogP contribution in [0.5, 0.6) is 0 Å². The summed E-state index contributed by atoms with van der Waals surface area (Å²) < 4.78 is 24.9. The maximum Gasteiger partial charge on any atom is 0.211 e. The summed E-state index contributed by atoms with van der Waals surface area (Å²) in [4.78, 5) is 7.12. The van der Waals surface area contributed by atoms with E-state index in [-0.39, 0.29) is 0 Å². The van der Waals surface area contributed by atoms with E-state index in [0.29, 0.717) is 25.0 Å². The Morgan fingerprint density at radius 3 is 2.18 bits per heavy atom. The molecule has 1 aliphatic carbocycles. The molecule has 0 spiro atoms. The Bertz CT molecular complexity index is 602. The Kier molecular flexibility index (Phi) is 8.00. The second-order valence-electron chi connectivity index (χ2n) is 8.80. The molecule has 1 saturated carbocycles. The van der Waals surface area contributed by atoms with Crippen molar-refractivity contribution in [3.05, 3.63) is 0 Å². The van der Waals surface area contributed by atoms with Crippen LogP contribution in [0.15, 0.2) is 4.99 Å². The van der Waals surface area contributed by atoms with Gasteiger partial charge in [-0.1, -0.05) is 19.3 Å². The van der Waals surface area contributed by atoms with E-state index in [9.17, 15) is 8.42 Å². The van der Waals surface area contributed by atoms with Crippen LogP contribution in [0.4, 0.5) is 0 Å². The normalized spacial score (nSPS) is 25.7. The minimum absolute atomic E-state index is 0.498. The number of piperidine rings is 2. The first-order valence-corrected chi connectivity index (χ1v) is 13.0. The van der Waals surface area contributed by atoms with Crippen molar-refractivity contribution in [3.63, 3.8) is 0 Å². The molecule has 0 amide bonds. The third-order valence-electron chi connectivity index (χ3n) is 6.79. The second-order valence-corrected chi connectivity index (χ2v) is 10.8. The first kappa shape index (κ1) is 21.8. The summed E-state index contributed by atoms with van der Waals surface area (Å²) in [5, 5.41) is 7.08. The molecule has 0 atom stereocenters. The minimum atomic E-state index is -3.04. The summed E-state index contributed by atoms with van der Waals surface area (Å²) in [5.41, 5.74) is 0. The smallest absolute Gasteiger partial charge is 0.211 e. The van der Waals surface area contributed by atoms with Gasteiger partial charge >= 0.3 is 0 Å². The fourth-order valence-electron chi connectivity index (χ4n) is 4.93. The van der Waals surface area contributed by atoms with Crippen LogP contribution in [-0.2, 0) is 10.0 Å². The Hall–Kier alpha value is -0.860. The van der Waals surface area contributed by atoms with Crippen molar-refractivity contribution >= 4 is 16.0 Å². The molecule has 0 bridgehead atoms. The minimum Gasteiger partial charge on any atom is -0.356 e. The number of likely N-dealkylation sites (tertiary alicyclic amines) is 1. The highest BCUT2D eigenvalue weighted by Crippen LogP contribution is 2.25. The molecule has 2 saturated heterocycles. The molecule has 3 fully saturated rings. The molecule has 3 rings (SSSR count). The summed E-state index contributed by atoms with van der Waals surface area (Å²) in [6.07, 6.45) is 12.5. The monoisotopic (exact) mass is 413 g/mol. The quantitative estimate of drug-likeness (QED) is 0.529. The maximum atomic E-state index is 11.6. The molecule has 3 aliphatic rings. The summed E-state index contributed by atoms with van der Waals surface area (Å²) in [6.45, 7) is 4.53.